The van der Waals surface area contributed by atoms with Crippen LogP contribution in [0, 0.1) is 17.5 Å². The quantitative estimate of drug-likeness (QED) is 0.179. The van der Waals surface area contributed by atoms with E-state index in [-0.39, 0.29) is 18.1 Å². The van der Waals surface area contributed by atoms with Crippen molar-refractivity contribution in [2.45, 2.75) is 45.4 Å². The van der Waals surface area contributed by atoms with Gasteiger partial charge in [0.25, 0.3) is 0 Å². The maximum atomic E-state index is 15.1. The van der Waals surface area contributed by atoms with E-state index < -0.39 is 28.8 Å². The topological polar surface area (TPSA) is 35.3 Å². The Kier molecular flexibility index (Phi) is 7.33. The number of nitrogens with zero attached hydrogens (tertiary/aromatic N) is 1. The average molecular weight is 454 g/mol. The van der Waals surface area contributed by atoms with Gasteiger partial charge in [-0.15, -0.1) is 0 Å². The van der Waals surface area contributed by atoms with Gasteiger partial charge >= 0.3 is 0 Å². The van der Waals surface area contributed by atoms with E-state index in [1.807, 2.05) is 12.1 Å². The SMILES string of the molecule is CCCCCCCCOc1cc(F)c(-c2ccccc2-c2nc3ccccc3o2)c(F)c1F. The molecular formula is C27H26F3NO2. The van der Waals surface area contributed by atoms with Gasteiger partial charge in [-0.1, -0.05) is 69.4 Å². The van der Waals surface area contributed by atoms with E-state index in [2.05, 4.69) is 11.9 Å². The highest BCUT2D eigenvalue weighted by atomic mass is 19.2. The van der Waals surface area contributed by atoms with Crippen LogP contribution in [0.1, 0.15) is 45.4 Å². The summed E-state index contributed by atoms with van der Waals surface area (Å²) in [5.41, 5.74) is 1.21. The second kappa shape index (κ2) is 10.6. The minimum atomic E-state index is -1.29. The Hall–Kier alpha value is -3.28. The molecule has 172 valence electrons. The molecule has 3 aromatic carbocycles. The molecule has 0 aliphatic carbocycles. The molecule has 0 N–H and O–H groups in total. The summed E-state index contributed by atoms with van der Waals surface area (Å²) in [4.78, 5) is 4.41. The molecule has 1 heterocycles. The Labute approximate surface area is 191 Å². The molecule has 0 saturated heterocycles. The molecule has 0 atom stereocenters. The number of oxazole rings is 1. The summed E-state index contributed by atoms with van der Waals surface area (Å²) in [7, 11) is 0. The highest BCUT2D eigenvalue weighted by Crippen LogP contribution is 2.38. The van der Waals surface area contributed by atoms with Gasteiger partial charge < -0.3 is 9.15 Å². The van der Waals surface area contributed by atoms with Crippen LogP contribution in [-0.2, 0) is 0 Å². The van der Waals surface area contributed by atoms with Gasteiger partial charge in [0.2, 0.25) is 11.7 Å². The summed E-state index contributed by atoms with van der Waals surface area (Å²) in [6, 6.07) is 14.6. The van der Waals surface area contributed by atoms with Gasteiger partial charge in [-0.05, 0) is 24.6 Å². The lowest BCUT2D eigenvalue weighted by atomic mass is 9.98. The van der Waals surface area contributed by atoms with Crippen molar-refractivity contribution in [2.75, 3.05) is 6.61 Å². The zero-order chi connectivity index (χ0) is 23.2. The van der Waals surface area contributed by atoms with Crippen LogP contribution in [-0.4, -0.2) is 11.6 Å². The second-order valence-electron chi connectivity index (χ2n) is 8.01. The molecule has 3 nitrogen and oxygen atoms in total. The van der Waals surface area contributed by atoms with Crippen LogP contribution in [0.5, 0.6) is 5.75 Å². The van der Waals surface area contributed by atoms with E-state index in [4.69, 9.17) is 9.15 Å². The lowest BCUT2D eigenvalue weighted by molar-refractivity contribution is 0.283. The smallest absolute Gasteiger partial charge is 0.227 e. The molecular weight excluding hydrogens is 427 g/mol. The van der Waals surface area contributed by atoms with E-state index in [1.54, 1.807) is 30.3 Å². The number of fused-ring (bicyclic) bond motifs is 1. The number of ether oxygens (including phenoxy) is 1. The predicted molar refractivity (Wildman–Crippen MR) is 124 cm³/mol. The molecule has 0 saturated carbocycles. The Balaban J connectivity index is 1.59. The molecule has 33 heavy (non-hydrogen) atoms. The summed E-state index contributed by atoms with van der Waals surface area (Å²) in [5.74, 6) is -3.62. The fourth-order valence-corrected chi connectivity index (χ4v) is 3.86. The first-order valence-electron chi connectivity index (χ1n) is 11.4. The fourth-order valence-electron chi connectivity index (χ4n) is 3.86. The molecule has 4 rings (SSSR count). The van der Waals surface area contributed by atoms with Crippen molar-refractivity contribution in [3.63, 3.8) is 0 Å². The van der Waals surface area contributed by atoms with Crippen LogP contribution in [0.3, 0.4) is 0 Å². The van der Waals surface area contributed by atoms with Crippen molar-refractivity contribution >= 4 is 11.1 Å². The van der Waals surface area contributed by atoms with Gasteiger partial charge in [-0.2, -0.15) is 4.39 Å². The lowest BCUT2D eigenvalue weighted by Crippen LogP contribution is -2.04. The zero-order valence-corrected chi connectivity index (χ0v) is 18.5. The van der Waals surface area contributed by atoms with Gasteiger partial charge in [0.05, 0.1) is 12.2 Å². The maximum Gasteiger partial charge on any atom is 0.227 e. The number of para-hydroxylation sites is 2. The number of rotatable bonds is 10. The highest BCUT2D eigenvalue weighted by Gasteiger charge is 2.24. The van der Waals surface area contributed by atoms with Crippen molar-refractivity contribution in [1.82, 2.24) is 4.98 Å². The van der Waals surface area contributed by atoms with Gasteiger partial charge in [0.1, 0.15) is 11.3 Å². The lowest BCUT2D eigenvalue weighted by Gasteiger charge is -2.13. The molecule has 0 bridgehead atoms. The van der Waals surface area contributed by atoms with Gasteiger partial charge in [-0.3, -0.25) is 0 Å². The van der Waals surface area contributed by atoms with Crippen LogP contribution in [0.4, 0.5) is 13.2 Å². The molecule has 0 aliphatic heterocycles. The summed E-state index contributed by atoms with van der Waals surface area (Å²) in [6.07, 6.45) is 6.17. The summed E-state index contributed by atoms with van der Waals surface area (Å²) in [5, 5.41) is 0. The van der Waals surface area contributed by atoms with E-state index in [0.29, 0.717) is 23.1 Å². The molecule has 0 amide bonds. The van der Waals surface area contributed by atoms with Crippen LogP contribution in [0.15, 0.2) is 59.0 Å². The number of aromatic nitrogens is 1. The first kappa shape index (κ1) is 22.9. The summed E-state index contributed by atoms with van der Waals surface area (Å²) >= 11 is 0. The first-order chi connectivity index (χ1) is 16.1. The molecule has 0 spiro atoms. The van der Waals surface area contributed by atoms with Crippen LogP contribution in [0.2, 0.25) is 0 Å². The Morgan fingerprint density at radius 2 is 1.52 bits per heavy atom. The van der Waals surface area contributed by atoms with Gasteiger partial charge in [-0.25, -0.2) is 13.8 Å². The van der Waals surface area contributed by atoms with Gasteiger partial charge in [0, 0.05) is 17.2 Å². The zero-order valence-electron chi connectivity index (χ0n) is 18.5. The number of halogens is 3. The third kappa shape index (κ3) is 5.05. The van der Waals surface area contributed by atoms with E-state index in [0.717, 1.165) is 31.7 Å². The number of benzene rings is 3. The average Bonchev–Trinajstić information content (AvgIpc) is 3.26. The minimum absolute atomic E-state index is 0.153. The van der Waals surface area contributed by atoms with Crippen molar-refractivity contribution in [1.29, 1.82) is 0 Å². The first-order valence-corrected chi connectivity index (χ1v) is 11.4. The largest absolute Gasteiger partial charge is 0.490 e. The number of unbranched alkanes of at least 4 members (excludes halogenated alkanes) is 5. The van der Waals surface area contributed by atoms with Crippen LogP contribution >= 0.6 is 0 Å². The van der Waals surface area contributed by atoms with Crippen molar-refractivity contribution in [3.05, 3.63) is 72.0 Å². The third-order valence-corrected chi connectivity index (χ3v) is 5.60. The van der Waals surface area contributed by atoms with Gasteiger partial charge in [0.15, 0.2) is 17.1 Å². The molecule has 0 radical (unpaired) electrons. The molecule has 0 unspecified atom stereocenters. The second-order valence-corrected chi connectivity index (χ2v) is 8.01. The number of hydrogen-bond acceptors (Lipinski definition) is 3. The number of hydrogen-bond donors (Lipinski definition) is 0. The van der Waals surface area contributed by atoms with Crippen molar-refractivity contribution in [3.8, 4) is 28.3 Å². The van der Waals surface area contributed by atoms with E-state index >= 15 is 8.78 Å². The molecule has 6 heteroatoms. The third-order valence-electron chi connectivity index (χ3n) is 5.60. The summed E-state index contributed by atoms with van der Waals surface area (Å²) < 4.78 is 56.1. The van der Waals surface area contributed by atoms with Crippen LogP contribution in [0.25, 0.3) is 33.7 Å². The Morgan fingerprint density at radius 3 is 2.30 bits per heavy atom. The fraction of sp³-hybridized carbons (Fsp3) is 0.296. The monoisotopic (exact) mass is 453 g/mol. The van der Waals surface area contributed by atoms with E-state index in [1.165, 1.54) is 12.5 Å². The maximum absolute atomic E-state index is 15.1. The van der Waals surface area contributed by atoms with E-state index in [9.17, 15) is 4.39 Å². The Bertz CT molecular complexity index is 1200. The van der Waals surface area contributed by atoms with Crippen molar-refractivity contribution in [2.24, 2.45) is 0 Å². The van der Waals surface area contributed by atoms with Crippen LogP contribution < -0.4 is 4.74 Å². The minimum Gasteiger partial charge on any atom is -0.490 e. The molecule has 0 fully saturated rings. The standard InChI is InChI=1S/C27H26F3NO2/c1-2-3-4-5-6-11-16-32-23-17-20(28)24(26(30)25(23)29)18-12-7-8-13-19(18)27-31-21-14-9-10-15-22(21)33-27/h7-10,12-15,17H,2-6,11,16H2,1H3. The normalized spacial score (nSPS) is 11.3. The predicted octanol–water partition coefficient (Wildman–Crippen LogP) is 8.32. The highest BCUT2D eigenvalue weighted by molar-refractivity contribution is 5.84. The Morgan fingerprint density at radius 1 is 0.818 bits per heavy atom. The molecule has 4 aromatic rings. The molecule has 1 aromatic heterocycles. The molecule has 0 aliphatic rings. The summed E-state index contributed by atoms with van der Waals surface area (Å²) in [6.45, 7) is 2.35. The van der Waals surface area contributed by atoms with Crippen molar-refractivity contribution < 1.29 is 22.3 Å².